The second-order valence-corrected chi connectivity index (χ2v) is 5.46. The Morgan fingerprint density at radius 1 is 0.824 bits per heavy atom. The van der Waals surface area contributed by atoms with Crippen molar-refractivity contribution >= 4 is 27.0 Å². The summed E-state index contributed by atoms with van der Waals surface area (Å²) >= 11 is -0.341. The van der Waals surface area contributed by atoms with E-state index in [2.05, 4.69) is 44.4 Å². The molecule has 17 heavy (non-hydrogen) atoms. The van der Waals surface area contributed by atoms with E-state index < -0.39 is 0 Å². The van der Waals surface area contributed by atoms with E-state index in [4.69, 9.17) is 0 Å². The third kappa shape index (κ3) is 4.49. The summed E-state index contributed by atoms with van der Waals surface area (Å²) in [5.74, 6) is 3.19. The minimum absolute atomic E-state index is 0.341. The van der Waals surface area contributed by atoms with Crippen molar-refractivity contribution in [2.45, 2.75) is 0 Å². The molecule has 0 saturated heterocycles. The van der Waals surface area contributed by atoms with Crippen LogP contribution in [0.1, 0.15) is 11.1 Å². The molecule has 0 aromatic heterocycles. The molecule has 2 aromatic rings. The molecule has 0 atom stereocenters. The molecule has 0 unspecified atom stereocenters. The summed E-state index contributed by atoms with van der Waals surface area (Å²) in [6.07, 6.45) is 2.15. The van der Waals surface area contributed by atoms with Crippen molar-refractivity contribution in [1.29, 1.82) is 0 Å². The average Bonchev–Trinajstić information content (AvgIpc) is 2.41. The molecule has 0 fully saturated rings. The van der Waals surface area contributed by atoms with Gasteiger partial charge >= 0.3 is 113 Å². The molecule has 0 spiro atoms. The summed E-state index contributed by atoms with van der Waals surface area (Å²) in [6, 6.07) is 20.5. The molecule has 0 heterocycles. The molecule has 0 aliphatic carbocycles. The topological polar surface area (TPSA) is 0 Å². The fraction of sp³-hybridized carbons (Fsp3) is 0. The SMILES string of the molecule is C(#Cc1ccccc1)[Te]/C=C\c1ccccc1. The monoisotopic (exact) mass is 334 g/mol. The molecular formula is C16H12Te. The van der Waals surface area contributed by atoms with Crippen molar-refractivity contribution in [3.05, 3.63) is 75.9 Å². The zero-order valence-electron chi connectivity index (χ0n) is 9.34. The van der Waals surface area contributed by atoms with E-state index in [1.54, 1.807) is 0 Å². The fourth-order valence-electron chi connectivity index (χ4n) is 1.32. The quantitative estimate of drug-likeness (QED) is 0.584. The van der Waals surface area contributed by atoms with Gasteiger partial charge in [0.2, 0.25) is 0 Å². The van der Waals surface area contributed by atoms with Gasteiger partial charge in [0.1, 0.15) is 0 Å². The third-order valence-corrected chi connectivity index (χ3v) is 3.56. The minimum atomic E-state index is -0.341. The maximum atomic E-state index is 3.27. The maximum absolute atomic E-state index is 3.27. The van der Waals surface area contributed by atoms with Crippen LogP contribution in [0.4, 0.5) is 0 Å². The first-order valence-corrected chi connectivity index (χ1v) is 7.89. The van der Waals surface area contributed by atoms with Gasteiger partial charge in [0.05, 0.1) is 0 Å². The first-order chi connectivity index (χ1) is 8.45. The van der Waals surface area contributed by atoms with Crippen molar-refractivity contribution in [1.82, 2.24) is 0 Å². The molecule has 82 valence electrons. The number of hydrogen-bond donors (Lipinski definition) is 0. The summed E-state index contributed by atoms with van der Waals surface area (Å²) in [7, 11) is 0. The predicted molar refractivity (Wildman–Crippen MR) is 74.6 cm³/mol. The molecule has 2 rings (SSSR count). The van der Waals surface area contributed by atoms with Crippen molar-refractivity contribution in [3.63, 3.8) is 0 Å². The molecule has 0 nitrogen and oxygen atoms in total. The van der Waals surface area contributed by atoms with E-state index in [1.807, 2.05) is 36.4 Å². The summed E-state index contributed by atoms with van der Waals surface area (Å²) < 4.78 is 5.48. The first kappa shape index (κ1) is 12.0. The van der Waals surface area contributed by atoms with Crippen LogP contribution in [-0.4, -0.2) is 20.9 Å². The third-order valence-electron chi connectivity index (χ3n) is 2.16. The van der Waals surface area contributed by atoms with Gasteiger partial charge in [0.15, 0.2) is 0 Å². The van der Waals surface area contributed by atoms with Gasteiger partial charge in [-0.05, 0) is 0 Å². The Bertz CT molecular complexity index is 530. The molecule has 0 saturated carbocycles. The van der Waals surface area contributed by atoms with Crippen LogP contribution >= 0.6 is 0 Å². The van der Waals surface area contributed by atoms with Crippen LogP contribution in [0.2, 0.25) is 0 Å². The Morgan fingerprint density at radius 3 is 2.18 bits per heavy atom. The van der Waals surface area contributed by atoms with Crippen LogP contribution in [0.3, 0.4) is 0 Å². The number of hydrogen-bond acceptors (Lipinski definition) is 0. The molecule has 0 bridgehead atoms. The standard InChI is InChI=1S/C16H12Te/c1-3-7-15(8-4-1)11-13-17-14-12-16-9-5-2-6-10-16/h1-11,13H/b13-11-. The van der Waals surface area contributed by atoms with Crippen LogP contribution in [0.15, 0.2) is 64.8 Å². The second kappa shape index (κ2) is 6.97. The van der Waals surface area contributed by atoms with Crippen LogP contribution in [0.5, 0.6) is 0 Å². The summed E-state index contributed by atoms with van der Waals surface area (Å²) in [5, 5.41) is 0. The van der Waals surface area contributed by atoms with Gasteiger partial charge in [-0.25, -0.2) is 0 Å². The molecule has 0 radical (unpaired) electrons. The Morgan fingerprint density at radius 2 is 1.47 bits per heavy atom. The Hall–Kier alpha value is -1.47. The van der Waals surface area contributed by atoms with Crippen molar-refractivity contribution in [3.8, 4) is 9.89 Å². The summed E-state index contributed by atoms with van der Waals surface area (Å²) in [6.45, 7) is 0. The Kier molecular flexibility index (Phi) is 4.92. The van der Waals surface area contributed by atoms with Gasteiger partial charge in [-0.1, -0.05) is 0 Å². The molecule has 2 aromatic carbocycles. The number of benzene rings is 2. The van der Waals surface area contributed by atoms with Crippen LogP contribution in [0, 0.1) is 9.89 Å². The molecular weight excluding hydrogens is 320 g/mol. The van der Waals surface area contributed by atoms with Gasteiger partial charge in [-0.3, -0.25) is 0 Å². The van der Waals surface area contributed by atoms with E-state index in [0.717, 1.165) is 5.56 Å². The molecule has 0 aliphatic rings. The zero-order valence-corrected chi connectivity index (χ0v) is 11.7. The van der Waals surface area contributed by atoms with Crippen molar-refractivity contribution < 1.29 is 0 Å². The zero-order chi connectivity index (χ0) is 11.8. The van der Waals surface area contributed by atoms with Crippen molar-refractivity contribution in [2.75, 3.05) is 0 Å². The van der Waals surface area contributed by atoms with Crippen LogP contribution in [0.25, 0.3) is 6.08 Å². The van der Waals surface area contributed by atoms with Crippen molar-refractivity contribution in [2.24, 2.45) is 0 Å². The summed E-state index contributed by atoms with van der Waals surface area (Å²) in [5.41, 5.74) is 2.35. The fourth-order valence-corrected chi connectivity index (χ4v) is 2.66. The van der Waals surface area contributed by atoms with Crippen LogP contribution in [-0.2, 0) is 0 Å². The normalized spacial score (nSPS) is 9.88. The molecule has 1 heteroatoms. The Labute approximate surface area is 112 Å². The van der Waals surface area contributed by atoms with Gasteiger partial charge < -0.3 is 0 Å². The van der Waals surface area contributed by atoms with Gasteiger partial charge in [-0.2, -0.15) is 0 Å². The van der Waals surface area contributed by atoms with Crippen LogP contribution < -0.4 is 0 Å². The van der Waals surface area contributed by atoms with E-state index in [0.29, 0.717) is 0 Å². The number of rotatable bonds is 2. The first-order valence-electron chi connectivity index (χ1n) is 5.38. The van der Waals surface area contributed by atoms with Gasteiger partial charge in [0.25, 0.3) is 0 Å². The molecule has 0 aliphatic heterocycles. The van der Waals surface area contributed by atoms with Gasteiger partial charge in [-0.15, -0.1) is 0 Å². The predicted octanol–water partition coefficient (Wildman–Crippen LogP) is 3.37. The average molecular weight is 332 g/mol. The van der Waals surface area contributed by atoms with E-state index in [1.165, 1.54) is 5.56 Å². The Balaban J connectivity index is 1.88. The molecule has 0 N–H and O–H groups in total. The molecule has 0 amide bonds. The van der Waals surface area contributed by atoms with E-state index >= 15 is 0 Å². The van der Waals surface area contributed by atoms with E-state index in [-0.39, 0.29) is 20.9 Å². The summed E-state index contributed by atoms with van der Waals surface area (Å²) in [4.78, 5) is 0. The van der Waals surface area contributed by atoms with E-state index in [9.17, 15) is 0 Å². The van der Waals surface area contributed by atoms with Gasteiger partial charge in [0, 0.05) is 0 Å². The second-order valence-electron chi connectivity index (χ2n) is 3.42.